The molecule has 1 fully saturated rings. The highest BCUT2D eigenvalue weighted by atomic mass is 16.3. The van der Waals surface area contributed by atoms with Gasteiger partial charge in [0.15, 0.2) is 0 Å². The first kappa shape index (κ1) is 18.7. The molecule has 0 aliphatic heterocycles. The lowest BCUT2D eigenvalue weighted by molar-refractivity contribution is 0.396. The smallest absolute Gasteiger partial charge is 0.249 e. The summed E-state index contributed by atoms with van der Waals surface area (Å²) in [7, 11) is 0. The van der Waals surface area contributed by atoms with Crippen molar-refractivity contribution < 1.29 is 4.42 Å². The Morgan fingerprint density at radius 1 is 1.10 bits per heavy atom. The van der Waals surface area contributed by atoms with Crippen molar-refractivity contribution in [1.82, 2.24) is 19.4 Å². The second-order valence-corrected chi connectivity index (χ2v) is 7.96. The summed E-state index contributed by atoms with van der Waals surface area (Å²) in [4.78, 5) is 18.3. The van der Waals surface area contributed by atoms with Gasteiger partial charge in [0.05, 0.1) is 30.1 Å². The molecule has 0 atom stereocenters. The van der Waals surface area contributed by atoms with Gasteiger partial charge in [0.25, 0.3) is 0 Å². The van der Waals surface area contributed by atoms with Crippen molar-refractivity contribution in [3.05, 3.63) is 54.9 Å². The van der Waals surface area contributed by atoms with E-state index in [2.05, 4.69) is 21.2 Å². The molecule has 0 spiro atoms. The number of hydrogen-bond acceptors (Lipinski definition) is 6. The summed E-state index contributed by atoms with van der Waals surface area (Å²) in [5, 5.41) is 0. The van der Waals surface area contributed by atoms with Crippen LogP contribution in [0.15, 0.2) is 58.7 Å². The molecule has 0 amide bonds. The van der Waals surface area contributed by atoms with Crippen molar-refractivity contribution in [2.24, 2.45) is 16.6 Å². The maximum absolute atomic E-state index is 6.00. The average Bonchev–Trinajstić information content (AvgIpc) is 3.44. The maximum atomic E-state index is 6.00. The van der Waals surface area contributed by atoms with Crippen LogP contribution in [0.3, 0.4) is 0 Å². The van der Waals surface area contributed by atoms with Gasteiger partial charge in [-0.3, -0.25) is 4.40 Å². The second-order valence-electron chi connectivity index (χ2n) is 7.96. The Balaban J connectivity index is 1.48. The van der Waals surface area contributed by atoms with E-state index in [9.17, 15) is 0 Å². The molecule has 7 heteroatoms. The molecule has 0 saturated heterocycles. The third-order valence-corrected chi connectivity index (χ3v) is 5.78. The van der Waals surface area contributed by atoms with Crippen LogP contribution < -0.4 is 5.73 Å². The Kier molecular flexibility index (Phi) is 4.88. The molecule has 1 aliphatic carbocycles. The largest absolute Gasteiger partial charge is 0.472 e. The van der Waals surface area contributed by atoms with E-state index in [1.165, 1.54) is 0 Å². The van der Waals surface area contributed by atoms with Crippen LogP contribution in [0.2, 0.25) is 0 Å². The normalized spacial score (nSPS) is 19.7. The molecule has 0 bridgehead atoms. The van der Waals surface area contributed by atoms with Crippen LogP contribution in [0, 0.1) is 12.8 Å². The summed E-state index contributed by atoms with van der Waals surface area (Å²) in [6, 6.07) is 6.31. The lowest BCUT2D eigenvalue weighted by atomic mass is 9.87. The quantitative estimate of drug-likeness (QED) is 0.506. The number of aromatic nitrogens is 4. The number of furan rings is 1. The first-order valence-electron chi connectivity index (χ1n) is 10.3. The number of fused-ring (bicyclic) bond motifs is 1. The van der Waals surface area contributed by atoms with Gasteiger partial charge in [-0.25, -0.2) is 19.9 Å². The molecule has 30 heavy (non-hydrogen) atoms. The average molecular weight is 400 g/mol. The topological polar surface area (TPSA) is 94.6 Å². The lowest BCUT2D eigenvalue weighted by Crippen LogP contribution is -2.26. The van der Waals surface area contributed by atoms with Crippen LogP contribution in [0.5, 0.6) is 0 Å². The molecular weight excluding hydrogens is 376 g/mol. The standard InChI is InChI=1S/C23H24N6O/c1-15-10-26-23(27-11-16-2-5-19(24)6-3-16)28-22(15)20-12-25-21-7-4-17(13-29(20)21)18-8-9-30-14-18/h4,7-14,16,19H,2-3,5-6,24H2,1H3/b27-11+. The third-order valence-electron chi connectivity index (χ3n) is 5.78. The molecule has 1 saturated carbocycles. The van der Waals surface area contributed by atoms with Gasteiger partial charge in [0, 0.05) is 35.8 Å². The molecule has 5 rings (SSSR count). The molecular formula is C23H24N6O. The van der Waals surface area contributed by atoms with Crippen molar-refractivity contribution >= 4 is 17.8 Å². The predicted molar refractivity (Wildman–Crippen MR) is 117 cm³/mol. The molecule has 2 N–H and O–H groups in total. The van der Waals surface area contributed by atoms with Crippen LogP contribution in [-0.2, 0) is 0 Å². The first-order chi connectivity index (χ1) is 14.7. The molecule has 4 aromatic rings. The van der Waals surface area contributed by atoms with E-state index in [1.807, 2.05) is 48.1 Å². The molecule has 4 aromatic heterocycles. The number of pyridine rings is 1. The molecule has 7 nitrogen and oxygen atoms in total. The molecule has 0 radical (unpaired) electrons. The summed E-state index contributed by atoms with van der Waals surface area (Å²) in [6.45, 7) is 2.00. The number of aliphatic imine (C=N–C) groups is 1. The highest BCUT2D eigenvalue weighted by Crippen LogP contribution is 2.27. The Labute approximate surface area is 174 Å². The number of aryl methyl sites for hydroxylation is 1. The Bertz CT molecular complexity index is 1190. The highest BCUT2D eigenvalue weighted by Gasteiger charge is 2.17. The molecule has 152 valence electrons. The minimum absolute atomic E-state index is 0.332. The second kappa shape index (κ2) is 7.84. The zero-order chi connectivity index (χ0) is 20.5. The maximum Gasteiger partial charge on any atom is 0.249 e. The fourth-order valence-electron chi connectivity index (χ4n) is 3.98. The van der Waals surface area contributed by atoms with Crippen molar-refractivity contribution in [2.45, 2.75) is 38.6 Å². The summed E-state index contributed by atoms with van der Waals surface area (Å²) in [6.07, 6.45) is 15.4. The van der Waals surface area contributed by atoms with Crippen LogP contribution in [0.25, 0.3) is 28.2 Å². The van der Waals surface area contributed by atoms with Gasteiger partial charge in [-0.1, -0.05) is 0 Å². The first-order valence-corrected chi connectivity index (χ1v) is 10.3. The van der Waals surface area contributed by atoms with Gasteiger partial charge in [0.1, 0.15) is 5.65 Å². The summed E-state index contributed by atoms with van der Waals surface area (Å²) in [5.41, 5.74) is 11.7. The van der Waals surface area contributed by atoms with Crippen LogP contribution in [-0.4, -0.2) is 31.6 Å². The predicted octanol–water partition coefficient (Wildman–Crippen LogP) is 4.58. The van der Waals surface area contributed by atoms with E-state index < -0.39 is 0 Å². The van der Waals surface area contributed by atoms with E-state index in [1.54, 1.807) is 12.5 Å². The van der Waals surface area contributed by atoms with Gasteiger partial charge in [-0.15, -0.1) is 0 Å². The summed E-state index contributed by atoms with van der Waals surface area (Å²) >= 11 is 0. The number of rotatable bonds is 4. The van der Waals surface area contributed by atoms with Crippen molar-refractivity contribution in [2.75, 3.05) is 0 Å². The number of imidazole rings is 1. The fourth-order valence-corrected chi connectivity index (χ4v) is 3.98. The lowest BCUT2D eigenvalue weighted by Gasteiger charge is -2.22. The van der Waals surface area contributed by atoms with Gasteiger partial charge in [-0.05, 0) is 62.3 Å². The van der Waals surface area contributed by atoms with Gasteiger partial charge in [-0.2, -0.15) is 0 Å². The highest BCUT2D eigenvalue weighted by molar-refractivity contribution is 5.69. The van der Waals surface area contributed by atoms with Gasteiger partial charge < -0.3 is 10.2 Å². The molecule has 1 aliphatic rings. The Hall–Kier alpha value is -3.32. The number of nitrogens with two attached hydrogens (primary N) is 1. The van der Waals surface area contributed by atoms with Gasteiger partial charge >= 0.3 is 0 Å². The molecule has 0 aromatic carbocycles. The number of hydrogen-bond donors (Lipinski definition) is 1. The summed E-state index contributed by atoms with van der Waals surface area (Å²) in [5.74, 6) is 0.929. The van der Waals surface area contributed by atoms with Crippen molar-refractivity contribution in [1.29, 1.82) is 0 Å². The molecule has 4 heterocycles. The van der Waals surface area contributed by atoms with E-state index >= 15 is 0 Å². The monoisotopic (exact) mass is 400 g/mol. The van der Waals surface area contributed by atoms with E-state index in [4.69, 9.17) is 15.1 Å². The van der Waals surface area contributed by atoms with Crippen LogP contribution in [0.1, 0.15) is 31.2 Å². The fraction of sp³-hybridized carbons (Fsp3) is 0.304. The van der Waals surface area contributed by atoms with Gasteiger partial charge in [0.2, 0.25) is 5.95 Å². The van der Waals surface area contributed by atoms with Crippen molar-refractivity contribution in [3.63, 3.8) is 0 Å². The van der Waals surface area contributed by atoms with Crippen LogP contribution in [0.4, 0.5) is 5.95 Å². The van der Waals surface area contributed by atoms with E-state index in [-0.39, 0.29) is 0 Å². The van der Waals surface area contributed by atoms with E-state index in [0.29, 0.717) is 17.9 Å². The minimum atomic E-state index is 0.332. The van der Waals surface area contributed by atoms with Crippen LogP contribution >= 0.6 is 0 Å². The molecule has 0 unspecified atom stereocenters. The Morgan fingerprint density at radius 2 is 1.97 bits per heavy atom. The summed E-state index contributed by atoms with van der Waals surface area (Å²) < 4.78 is 7.28. The number of nitrogens with zero attached hydrogens (tertiary/aromatic N) is 5. The third kappa shape index (κ3) is 3.64. The minimum Gasteiger partial charge on any atom is -0.472 e. The van der Waals surface area contributed by atoms with Crippen molar-refractivity contribution in [3.8, 4) is 22.5 Å². The van der Waals surface area contributed by atoms with E-state index in [0.717, 1.165) is 59.4 Å². The zero-order valence-corrected chi connectivity index (χ0v) is 16.9. The SMILES string of the molecule is Cc1cnc(/N=C/C2CCC(N)CC2)nc1-c1cnc2ccc(-c3ccoc3)cn12. The zero-order valence-electron chi connectivity index (χ0n) is 16.9. The Morgan fingerprint density at radius 3 is 2.77 bits per heavy atom.